The van der Waals surface area contributed by atoms with Crippen LogP contribution in [0.4, 0.5) is 20.2 Å². The Balaban J connectivity index is 1.06. The number of carbonyl (C=O) groups is 8. The highest BCUT2D eigenvalue weighted by Gasteiger charge is 2.45. The first kappa shape index (κ1) is 66.6. The Hall–Kier alpha value is -7.97. The Morgan fingerprint density at radius 3 is 1.94 bits per heavy atom. The molecular weight excluding hydrogens is 1210 g/mol. The first-order valence-corrected chi connectivity index (χ1v) is 31.5. The summed E-state index contributed by atoms with van der Waals surface area (Å²) < 4.78 is 124. The van der Waals surface area contributed by atoms with E-state index >= 15 is 4.57 Å². The largest absolute Gasteiger partial charge is 0.493 e. The smallest absolute Gasteiger partial charge is 0.259 e. The standard InChI is InChI=1S/C53H67F2N10O19PS2/c1-30(54)27-63-29-46(83-86(75)76)61-36-24-42(40(79-3)22-34(36)52(63)72)81-16-18-85(74,19-17-82-43-25-37-35(23-41(43)80-4)53(73)65-28-33(55)21-39(65)51(62-37)84-87(77)78)58-26-45(67)60-38(20-32-8-6-5-7-9-32)50(71)59-31(2)49(70)57-14-13-56-44(66)12-15-64-47(68)10-11-48(64)69/h5-11,22-25,30-31,33,38-39,46,51,61-62,86-87H,12-21,26-29H2,1-4H3,(H,56,66)(H,57,70)(H,58,74)(H,59,71)(H,60,67)/t30-,31+,33-,38+,39+,46?,51?,85?/m1/s1. The van der Waals surface area contributed by atoms with Crippen LogP contribution in [0.25, 0.3) is 0 Å². The fourth-order valence-corrected chi connectivity index (χ4v) is 12.2. The zero-order valence-corrected chi connectivity index (χ0v) is 50.2. The van der Waals surface area contributed by atoms with Gasteiger partial charge in [0.05, 0.1) is 82.2 Å². The van der Waals surface area contributed by atoms with Gasteiger partial charge < -0.3 is 65.2 Å². The summed E-state index contributed by atoms with van der Waals surface area (Å²) in [7, 11) is -8.30. The van der Waals surface area contributed by atoms with Crippen LogP contribution in [0.15, 0.2) is 66.7 Å². The number of nitrogens with one attached hydrogen (secondary N) is 7. The van der Waals surface area contributed by atoms with E-state index in [2.05, 4.69) is 37.0 Å². The van der Waals surface area contributed by atoms with Gasteiger partial charge in [-0.15, -0.1) is 0 Å². The van der Waals surface area contributed by atoms with Crippen molar-refractivity contribution >= 4 is 87.9 Å². The fraction of sp³-hybridized carbons (Fsp3) is 0.472. The van der Waals surface area contributed by atoms with E-state index in [0.717, 1.165) is 26.9 Å². The van der Waals surface area contributed by atoms with E-state index in [1.165, 1.54) is 52.3 Å². The average Bonchev–Trinajstić information content (AvgIpc) is 1.94. The number of imide groups is 1. The minimum absolute atomic E-state index is 0.00319. The molecule has 3 unspecified atom stereocenters. The predicted molar refractivity (Wildman–Crippen MR) is 307 cm³/mol. The number of hydrogen-bond donors (Lipinski definition) is 9. The molecule has 0 bridgehead atoms. The van der Waals surface area contributed by atoms with Gasteiger partial charge in [-0.05, 0) is 31.5 Å². The molecule has 7 rings (SSSR count). The molecule has 7 N–H and O–H groups in total. The molecular formula is C53H67F2N10O19PS2. The van der Waals surface area contributed by atoms with Gasteiger partial charge in [0, 0.05) is 75.5 Å². The van der Waals surface area contributed by atoms with Crippen LogP contribution in [0.2, 0.25) is 0 Å². The summed E-state index contributed by atoms with van der Waals surface area (Å²) in [6.45, 7) is -0.180. The van der Waals surface area contributed by atoms with Gasteiger partial charge in [0.15, 0.2) is 42.7 Å². The summed E-state index contributed by atoms with van der Waals surface area (Å²) in [6, 6.07) is 10.3. The molecule has 0 saturated carbocycles. The van der Waals surface area contributed by atoms with E-state index in [9.17, 15) is 64.0 Å². The lowest BCUT2D eigenvalue weighted by Gasteiger charge is -2.26. The van der Waals surface area contributed by atoms with Crippen LogP contribution in [0.5, 0.6) is 23.0 Å². The van der Waals surface area contributed by atoms with Crippen LogP contribution in [0.3, 0.4) is 0 Å². The second-order valence-electron chi connectivity index (χ2n) is 20.3. The third-order valence-electron chi connectivity index (χ3n) is 14.0. The van der Waals surface area contributed by atoms with Crippen molar-refractivity contribution < 1.29 is 95.9 Å². The van der Waals surface area contributed by atoms with Crippen molar-refractivity contribution in [3.63, 3.8) is 0 Å². The molecule has 29 nitrogen and oxygen atoms in total. The Kier molecular flexibility index (Phi) is 23.4. The molecule has 0 aliphatic carbocycles. The number of methoxy groups -OCH3 is 2. The van der Waals surface area contributed by atoms with E-state index in [0.29, 0.717) is 5.56 Å². The molecule has 4 aliphatic heterocycles. The van der Waals surface area contributed by atoms with E-state index < -0.39 is 146 Å². The van der Waals surface area contributed by atoms with Gasteiger partial charge in [-0.1, -0.05) is 30.3 Å². The average molecular weight is 1280 g/mol. The summed E-state index contributed by atoms with van der Waals surface area (Å²) in [5, 5.41) is 18.9. The van der Waals surface area contributed by atoms with Crippen LogP contribution < -0.4 is 55.9 Å². The van der Waals surface area contributed by atoms with E-state index in [1.54, 1.807) is 30.3 Å². The number of fused-ring (bicyclic) bond motifs is 3. The first-order valence-electron chi connectivity index (χ1n) is 27.2. The Bertz CT molecular complexity index is 3290. The summed E-state index contributed by atoms with van der Waals surface area (Å²) in [5.41, 5.74) is 0.599. The quantitative estimate of drug-likeness (QED) is 0.0174. The normalized spacial score (nSPS) is 19.7. The van der Waals surface area contributed by atoms with Crippen LogP contribution in [0, 0.1) is 0 Å². The monoisotopic (exact) mass is 1280 g/mol. The molecule has 4 aliphatic rings. The Morgan fingerprint density at radius 2 is 1.34 bits per heavy atom. The van der Waals surface area contributed by atoms with Gasteiger partial charge in [0.1, 0.15) is 24.4 Å². The molecule has 474 valence electrons. The maximum Gasteiger partial charge on any atom is 0.259 e. The lowest BCUT2D eigenvalue weighted by molar-refractivity contribution is -0.137. The van der Waals surface area contributed by atoms with Crippen molar-refractivity contribution in [2.24, 2.45) is 0 Å². The highest BCUT2D eigenvalue weighted by atomic mass is 32.2. The van der Waals surface area contributed by atoms with Gasteiger partial charge in [-0.2, -0.15) is 0 Å². The first-order chi connectivity index (χ1) is 41.4. The summed E-state index contributed by atoms with van der Waals surface area (Å²) in [6.07, 6.45) is -4.67. The van der Waals surface area contributed by atoms with Gasteiger partial charge in [-0.3, -0.25) is 48.3 Å². The molecule has 0 radical (unpaired) electrons. The van der Waals surface area contributed by atoms with Crippen molar-refractivity contribution in [3.8, 4) is 23.0 Å². The van der Waals surface area contributed by atoms with Crippen molar-refractivity contribution in [2.75, 3.05) is 96.2 Å². The van der Waals surface area contributed by atoms with Crippen LogP contribution in [-0.2, 0) is 70.1 Å². The number of benzene rings is 3. The molecule has 0 spiro atoms. The lowest BCUT2D eigenvalue weighted by atomic mass is 10.0. The summed E-state index contributed by atoms with van der Waals surface area (Å²) in [4.78, 5) is 107. The van der Waals surface area contributed by atoms with Crippen LogP contribution in [-0.4, -0.2) is 207 Å². The fourth-order valence-electron chi connectivity index (χ4n) is 9.75. The molecule has 1 saturated heterocycles. The molecule has 87 heavy (non-hydrogen) atoms. The number of halogens is 2. The molecule has 4 heterocycles. The second kappa shape index (κ2) is 30.6. The zero-order chi connectivity index (χ0) is 63.1. The molecule has 8 atom stereocenters. The van der Waals surface area contributed by atoms with Gasteiger partial charge >= 0.3 is 0 Å². The number of carbonyl (C=O) groups excluding carboxylic acids is 8. The topological polar surface area (TPSA) is 371 Å². The molecule has 8 amide bonds. The molecule has 3 aromatic rings. The lowest BCUT2D eigenvalue weighted by Crippen LogP contribution is -2.54. The number of anilines is 2. The van der Waals surface area contributed by atoms with E-state index in [-0.39, 0.29) is 110 Å². The van der Waals surface area contributed by atoms with Gasteiger partial charge in [-0.25, -0.2) is 34.0 Å². The maximum absolute atomic E-state index is 15.2. The summed E-state index contributed by atoms with van der Waals surface area (Å²) >= 11 is 0. The Morgan fingerprint density at radius 1 is 0.747 bits per heavy atom. The molecule has 3 aromatic carbocycles. The minimum Gasteiger partial charge on any atom is -0.493 e. The minimum atomic E-state index is -3.92. The van der Waals surface area contributed by atoms with Crippen molar-refractivity contribution in [1.29, 1.82) is 0 Å². The van der Waals surface area contributed by atoms with Crippen LogP contribution in [0.1, 0.15) is 53.0 Å². The number of thiol groups is 2. The predicted octanol–water partition coefficient (Wildman–Crippen LogP) is -0.249. The zero-order valence-electron chi connectivity index (χ0n) is 47.5. The highest BCUT2D eigenvalue weighted by molar-refractivity contribution is 7.67. The molecule has 1 fully saturated rings. The number of nitrogens with zero attached hydrogens (tertiary/aromatic N) is 3. The van der Waals surface area contributed by atoms with Gasteiger partial charge in [0.25, 0.3) is 45.6 Å². The summed E-state index contributed by atoms with van der Waals surface area (Å²) in [5.74, 6) is -5.23. The third-order valence-corrected chi connectivity index (χ3v) is 17.4. The third kappa shape index (κ3) is 18.3. The number of alkyl halides is 2. The molecule has 0 aromatic heterocycles. The molecule has 34 heteroatoms. The Labute approximate surface area is 501 Å². The number of rotatable bonds is 31. The second-order valence-corrected chi connectivity index (χ2v) is 24.6. The van der Waals surface area contributed by atoms with Crippen molar-refractivity contribution in [1.82, 2.24) is 41.1 Å². The van der Waals surface area contributed by atoms with Gasteiger partial charge in [0.2, 0.25) is 23.6 Å². The number of amides is 8. The highest BCUT2D eigenvalue weighted by Crippen LogP contribution is 2.43. The van der Waals surface area contributed by atoms with E-state index in [1.807, 2.05) is 0 Å². The number of hydrogen-bond acceptors (Lipinski definition) is 21. The number of ether oxygens (including phenoxy) is 4. The van der Waals surface area contributed by atoms with E-state index in [4.69, 9.17) is 27.3 Å². The van der Waals surface area contributed by atoms with Crippen molar-refractivity contribution in [3.05, 3.63) is 83.4 Å². The maximum atomic E-state index is 15.2. The van der Waals surface area contributed by atoms with Crippen molar-refractivity contribution in [2.45, 2.75) is 76.0 Å². The van der Waals surface area contributed by atoms with Crippen LogP contribution >= 0.6 is 7.29 Å². The SMILES string of the molecule is COc1cc2c(cc1OCCP(=O)(CCOc1cc3c(cc1OC)C(=O)N1C[C@H](F)C[C@H]1C(O[SH](=O)=O)N3)NCC(=O)N[C@@H](Cc1ccccc1)C(=O)N[C@@H](C)C(=O)NCCNC(=O)CCN1C(=O)C=CC1=O)NC(O[SH](=O)=O)CN(C[C@@H](C)F)C2=O.